The number of hydrogen-bond acceptors (Lipinski definition) is 4. The van der Waals surface area contributed by atoms with Crippen molar-refractivity contribution in [1.82, 2.24) is 20.2 Å². The van der Waals surface area contributed by atoms with E-state index in [1.165, 1.54) is 16.7 Å². The van der Waals surface area contributed by atoms with Crippen LogP contribution in [0, 0.1) is 11.8 Å². The van der Waals surface area contributed by atoms with E-state index < -0.39 is 0 Å². The van der Waals surface area contributed by atoms with Gasteiger partial charge in [-0.15, -0.1) is 0 Å². The third kappa shape index (κ3) is 7.20. The molecule has 0 radical (unpaired) electrons. The number of pyridine rings is 2. The number of rotatable bonds is 2. The van der Waals surface area contributed by atoms with Crippen molar-refractivity contribution in [2.45, 2.75) is 44.4 Å². The molecular weight excluding hydrogens is 694 g/mol. The number of carbonyl (C=O) groups excluding carboxylic acids is 1. The highest BCUT2D eigenvalue weighted by molar-refractivity contribution is 6.33. The third-order valence-corrected chi connectivity index (χ3v) is 11.6. The molecule has 1 amide bonds. The van der Waals surface area contributed by atoms with E-state index in [0.717, 1.165) is 100 Å². The fourth-order valence-electron chi connectivity index (χ4n) is 8.02. The third-order valence-electron chi connectivity index (χ3n) is 10.5. The van der Waals surface area contributed by atoms with Crippen LogP contribution in [-0.4, -0.2) is 47.0 Å². The Kier molecular flexibility index (Phi) is 10.5. The van der Waals surface area contributed by atoms with Crippen molar-refractivity contribution in [2.75, 3.05) is 26.2 Å². The number of likely N-dealkylation sites (tertiary alicyclic amines) is 1. The number of nitrogens with one attached hydrogen (secondary N) is 1. The van der Waals surface area contributed by atoms with Gasteiger partial charge in [0.05, 0.1) is 21.4 Å². The van der Waals surface area contributed by atoms with E-state index in [2.05, 4.69) is 35.7 Å². The second-order valence-corrected chi connectivity index (χ2v) is 15.0. The predicted molar refractivity (Wildman–Crippen MR) is 204 cm³/mol. The molecule has 5 nitrogen and oxygen atoms in total. The Balaban J connectivity index is 0.000000155. The maximum atomic E-state index is 11.7. The van der Waals surface area contributed by atoms with Crippen molar-refractivity contribution >= 4 is 76.6 Å². The summed E-state index contributed by atoms with van der Waals surface area (Å²) in [6.07, 6.45) is 16.2. The molecule has 2 atom stereocenters. The number of halogens is 4. The number of aromatic nitrogens is 2. The Bertz CT molecular complexity index is 1930. The Hall–Kier alpha value is -3.19. The summed E-state index contributed by atoms with van der Waals surface area (Å²) in [6.45, 7) is 5.36. The fraction of sp³-hybridized carbons (Fsp3) is 0.325. The Labute approximate surface area is 308 Å². The standard InChI is InChI=1S/C21H20Cl2N2O.C19H18Cl2N2/c1-13(26)25-10-7-14(8-11-25)20-17-5-3-16(22)12-15(17)2-4-18-19(23)6-9-24-21(18)20;20-14-2-4-15-13(11-14)1-3-16-17(21)7-10-23-19(16)18(15)12-5-8-22-9-6-12/h2-6,9,12,14,20H,7-8,10-11H2,1H3;1-4,7,10-12,18,22H,5-6,8-9H2. The average Bonchev–Trinajstić information content (AvgIpc) is 3.38. The second kappa shape index (κ2) is 15.0. The molecule has 2 fully saturated rings. The van der Waals surface area contributed by atoms with E-state index in [1.54, 1.807) is 13.1 Å². The van der Waals surface area contributed by atoms with Gasteiger partial charge in [0.2, 0.25) is 5.91 Å². The number of benzene rings is 2. The number of piperidine rings is 2. The van der Waals surface area contributed by atoms with Crippen molar-refractivity contribution < 1.29 is 4.79 Å². The van der Waals surface area contributed by atoms with Gasteiger partial charge < -0.3 is 10.2 Å². The molecule has 2 aliphatic carbocycles. The van der Waals surface area contributed by atoms with E-state index in [1.807, 2.05) is 53.6 Å². The molecule has 49 heavy (non-hydrogen) atoms. The summed E-state index contributed by atoms with van der Waals surface area (Å²) in [6, 6.07) is 16.0. The van der Waals surface area contributed by atoms with Crippen LogP contribution in [0.3, 0.4) is 0 Å². The van der Waals surface area contributed by atoms with Crippen LogP contribution in [0.25, 0.3) is 24.3 Å². The molecule has 252 valence electrons. The summed E-state index contributed by atoms with van der Waals surface area (Å²) in [4.78, 5) is 23.1. The highest BCUT2D eigenvalue weighted by atomic mass is 35.5. The van der Waals surface area contributed by atoms with Gasteiger partial charge in [0.25, 0.3) is 0 Å². The lowest BCUT2D eigenvalue weighted by Gasteiger charge is -2.36. The van der Waals surface area contributed by atoms with Crippen LogP contribution in [-0.2, 0) is 4.79 Å². The summed E-state index contributed by atoms with van der Waals surface area (Å²) >= 11 is 25.4. The molecule has 2 unspecified atom stereocenters. The fourth-order valence-corrected chi connectivity index (χ4v) is 8.82. The van der Waals surface area contributed by atoms with Crippen LogP contribution < -0.4 is 5.32 Å². The summed E-state index contributed by atoms with van der Waals surface area (Å²) in [5.41, 5.74) is 9.00. The molecule has 0 spiro atoms. The molecule has 2 aromatic heterocycles. The van der Waals surface area contributed by atoms with E-state index in [0.29, 0.717) is 11.8 Å². The number of fused-ring (bicyclic) bond motifs is 4. The van der Waals surface area contributed by atoms with E-state index >= 15 is 0 Å². The SMILES string of the molecule is CC(=O)N1CCC(C2c3ccc(Cl)cc3C=Cc3c(Cl)ccnc32)CC1.Clc1ccc2c(c1)C=Cc1c(Cl)ccnc1C2C1CCNCC1. The van der Waals surface area contributed by atoms with Gasteiger partial charge in [-0.25, -0.2) is 0 Å². The number of nitrogens with zero attached hydrogens (tertiary/aromatic N) is 3. The average molecular weight is 733 g/mol. The molecular formula is C40H38Cl4N4O. The lowest BCUT2D eigenvalue weighted by molar-refractivity contribution is -0.130. The Morgan fingerprint density at radius 3 is 1.61 bits per heavy atom. The van der Waals surface area contributed by atoms with E-state index in [9.17, 15) is 4.79 Å². The summed E-state index contributed by atoms with van der Waals surface area (Å²) in [5, 5.41) is 6.43. The maximum Gasteiger partial charge on any atom is 0.219 e. The number of carbonyl (C=O) groups is 1. The monoisotopic (exact) mass is 730 g/mol. The molecule has 0 bridgehead atoms. The van der Waals surface area contributed by atoms with Crippen LogP contribution in [0.5, 0.6) is 0 Å². The molecule has 9 heteroatoms. The second-order valence-electron chi connectivity index (χ2n) is 13.3. The topological polar surface area (TPSA) is 58.1 Å². The first kappa shape index (κ1) is 34.3. The van der Waals surface area contributed by atoms with Gasteiger partial charge in [-0.3, -0.25) is 14.8 Å². The van der Waals surface area contributed by atoms with Crippen molar-refractivity contribution in [2.24, 2.45) is 11.8 Å². The summed E-state index contributed by atoms with van der Waals surface area (Å²) < 4.78 is 0. The zero-order chi connectivity index (χ0) is 34.1. The van der Waals surface area contributed by atoms with Crippen molar-refractivity contribution in [1.29, 1.82) is 0 Å². The van der Waals surface area contributed by atoms with Gasteiger partial charge in [0, 0.05) is 65.4 Å². The first-order valence-corrected chi connectivity index (χ1v) is 18.5. The maximum absolute atomic E-state index is 11.7. The minimum Gasteiger partial charge on any atom is -0.343 e. The predicted octanol–water partition coefficient (Wildman–Crippen LogP) is 10.3. The van der Waals surface area contributed by atoms with Gasteiger partial charge in [-0.2, -0.15) is 0 Å². The van der Waals surface area contributed by atoms with Crippen LogP contribution in [0.2, 0.25) is 20.1 Å². The van der Waals surface area contributed by atoms with Gasteiger partial charge in [0.15, 0.2) is 0 Å². The summed E-state index contributed by atoms with van der Waals surface area (Å²) in [7, 11) is 0. The van der Waals surface area contributed by atoms with Crippen molar-refractivity contribution in [3.05, 3.63) is 126 Å². The van der Waals surface area contributed by atoms with Crippen LogP contribution in [0.4, 0.5) is 0 Å². The van der Waals surface area contributed by atoms with Gasteiger partial charge in [-0.05, 0) is 109 Å². The molecule has 2 aromatic carbocycles. The molecule has 4 aliphatic rings. The van der Waals surface area contributed by atoms with E-state index in [4.69, 9.17) is 56.4 Å². The first-order valence-electron chi connectivity index (χ1n) is 17.0. The zero-order valence-corrected chi connectivity index (χ0v) is 30.3. The largest absolute Gasteiger partial charge is 0.343 e. The summed E-state index contributed by atoms with van der Waals surface area (Å²) in [5.74, 6) is 1.56. The highest BCUT2D eigenvalue weighted by Gasteiger charge is 2.35. The molecule has 8 rings (SSSR count). The lowest BCUT2D eigenvalue weighted by atomic mass is 9.76. The first-order chi connectivity index (χ1) is 23.8. The van der Waals surface area contributed by atoms with Gasteiger partial charge in [-0.1, -0.05) is 82.8 Å². The minimum atomic E-state index is 0.153. The smallest absolute Gasteiger partial charge is 0.219 e. The molecule has 4 heterocycles. The quantitative estimate of drug-likeness (QED) is 0.223. The van der Waals surface area contributed by atoms with Crippen molar-refractivity contribution in [3.63, 3.8) is 0 Å². The minimum absolute atomic E-state index is 0.153. The Morgan fingerprint density at radius 1 is 0.673 bits per heavy atom. The van der Waals surface area contributed by atoms with Gasteiger partial charge in [0.1, 0.15) is 0 Å². The van der Waals surface area contributed by atoms with Crippen LogP contribution in [0.1, 0.15) is 89.2 Å². The number of hydrogen-bond donors (Lipinski definition) is 1. The highest BCUT2D eigenvalue weighted by Crippen LogP contribution is 2.45. The van der Waals surface area contributed by atoms with E-state index in [-0.39, 0.29) is 17.7 Å². The molecule has 4 aromatic rings. The lowest BCUT2D eigenvalue weighted by Crippen LogP contribution is -2.38. The molecule has 2 aliphatic heterocycles. The zero-order valence-electron chi connectivity index (χ0n) is 27.3. The Morgan fingerprint density at radius 2 is 1.14 bits per heavy atom. The molecule has 1 N–H and O–H groups in total. The van der Waals surface area contributed by atoms with Crippen LogP contribution >= 0.6 is 46.4 Å². The van der Waals surface area contributed by atoms with Crippen molar-refractivity contribution in [3.8, 4) is 0 Å². The van der Waals surface area contributed by atoms with Crippen LogP contribution in [0.15, 0.2) is 60.9 Å². The molecule has 0 saturated carbocycles. The van der Waals surface area contributed by atoms with Gasteiger partial charge >= 0.3 is 0 Å². The normalized spacial score (nSPS) is 20.1. The number of amides is 1. The molecule has 2 saturated heterocycles.